The first-order chi connectivity index (χ1) is 16.5. The Morgan fingerprint density at radius 2 is 1.71 bits per heavy atom. The van der Waals surface area contributed by atoms with E-state index in [0.717, 1.165) is 22.4 Å². The van der Waals surface area contributed by atoms with Crippen LogP contribution in [0.5, 0.6) is 5.75 Å². The maximum Gasteiger partial charge on any atom is 0.249 e. The third-order valence-electron chi connectivity index (χ3n) is 6.19. The number of hydrogen-bond acceptors (Lipinski definition) is 4. The van der Waals surface area contributed by atoms with Gasteiger partial charge < -0.3 is 20.3 Å². The number of amides is 2. The van der Waals surface area contributed by atoms with E-state index in [9.17, 15) is 9.59 Å². The molecule has 2 amide bonds. The zero-order valence-electron chi connectivity index (χ0n) is 19.7. The molecule has 0 saturated heterocycles. The molecule has 2 unspecified atom stereocenters. The van der Waals surface area contributed by atoms with Crippen LogP contribution in [0.2, 0.25) is 0 Å². The molecule has 0 saturated carbocycles. The Morgan fingerprint density at radius 3 is 2.38 bits per heavy atom. The van der Waals surface area contributed by atoms with E-state index in [1.165, 1.54) is 0 Å². The molecule has 1 aliphatic rings. The lowest BCUT2D eigenvalue weighted by Crippen LogP contribution is -2.52. The molecule has 2 N–H and O–H groups in total. The van der Waals surface area contributed by atoms with E-state index < -0.39 is 6.04 Å². The molecule has 176 valence electrons. The number of anilines is 1. The topological polar surface area (TPSA) is 70.7 Å². The molecule has 3 aromatic carbocycles. The Bertz CT molecular complexity index is 1120. The fourth-order valence-corrected chi connectivity index (χ4v) is 4.06. The van der Waals surface area contributed by atoms with E-state index in [4.69, 9.17) is 4.74 Å². The molecule has 4 rings (SSSR count). The quantitative estimate of drug-likeness (QED) is 0.539. The van der Waals surface area contributed by atoms with Crippen molar-refractivity contribution < 1.29 is 14.3 Å². The van der Waals surface area contributed by atoms with E-state index in [0.29, 0.717) is 31.7 Å². The summed E-state index contributed by atoms with van der Waals surface area (Å²) in [6, 6.07) is 24.8. The molecule has 1 aliphatic heterocycles. The summed E-state index contributed by atoms with van der Waals surface area (Å²) in [5.41, 5.74) is 4.00. The molecule has 2 atom stereocenters. The van der Waals surface area contributed by atoms with Gasteiger partial charge in [0.15, 0.2) is 0 Å². The van der Waals surface area contributed by atoms with Gasteiger partial charge in [0.25, 0.3) is 0 Å². The zero-order chi connectivity index (χ0) is 23.9. The van der Waals surface area contributed by atoms with Gasteiger partial charge in [-0.05, 0) is 49.6 Å². The number of ether oxygens (including phenoxy) is 1. The van der Waals surface area contributed by atoms with Crippen molar-refractivity contribution in [2.45, 2.75) is 45.0 Å². The lowest BCUT2D eigenvalue weighted by molar-refractivity contribution is -0.128. The van der Waals surface area contributed by atoms with Crippen molar-refractivity contribution in [3.8, 4) is 5.75 Å². The van der Waals surface area contributed by atoms with Gasteiger partial charge in [-0.1, -0.05) is 66.7 Å². The van der Waals surface area contributed by atoms with Crippen LogP contribution >= 0.6 is 0 Å². The number of fused-ring (bicyclic) bond motifs is 1. The highest BCUT2D eigenvalue weighted by Crippen LogP contribution is 2.32. The predicted molar refractivity (Wildman–Crippen MR) is 134 cm³/mol. The second-order valence-corrected chi connectivity index (χ2v) is 8.58. The van der Waals surface area contributed by atoms with Gasteiger partial charge in [-0.25, -0.2) is 0 Å². The lowest BCUT2D eigenvalue weighted by Gasteiger charge is -2.27. The molecule has 0 spiro atoms. The number of likely N-dealkylation sites (N-methyl/N-ethyl adjacent to an activating group) is 1. The SMILES string of the molecule is CNC(C)C(=O)NC1CCc2ccc(OCc3ccccc3)cc2N(Cc2ccccc2)C1=O. The highest BCUT2D eigenvalue weighted by Gasteiger charge is 2.32. The first-order valence-electron chi connectivity index (χ1n) is 11.7. The fourth-order valence-electron chi connectivity index (χ4n) is 4.06. The summed E-state index contributed by atoms with van der Waals surface area (Å²) >= 11 is 0. The molecule has 0 aromatic heterocycles. The van der Waals surface area contributed by atoms with E-state index in [1.54, 1.807) is 18.9 Å². The minimum atomic E-state index is -0.590. The highest BCUT2D eigenvalue weighted by atomic mass is 16.5. The third kappa shape index (κ3) is 5.64. The van der Waals surface area contributed by atoms with Crippen molar-refractivity contribution in [2.24, 2.45) is 0 Å². The minimum Gasteiger partial charge on any atom is -0.489 e. The normalized spacial score (nSPS) is 16.4. The summed E-state index contributed by atoms with van der Waals surface area (Å²) in [6.45, 7) is 2.65. The number of aryl methyl sites for hydroxylation is 1. The van der Waals surface area contributed by atoms with Crippen LogP contribution in [0.4, 0.5) is 5.69 Å². The highest BCUT2D eigenvalue weighted by molar-refractivity contribution is 6.01. The van der Waals surface area contributed by atoms with Gasteiger partial charge in [0.1, 0.15) is 18.4 Å². The molecule has 1 heterocycles. The molecule has 3 aromatic rings. The Balaban J connectivity index is 1.62. The van der Waals surface area contributed by atoms with Gasteiger partial charge in [0.2, 0.25) is 11.8 Å². The molecule has 0 fully saturated rings. The van der Waals surface area contributed by atoms with E-state index >= 15 is 0 Å². The Labute approximate surface area is 200 Å². The van der Waals surface area contributed by atoms with E-state index in [-0.39, 0.29) is 17.9 Å². The number of nitrogens with zero attached hydrogens (tertiary/aromatic N) is 1. The van der Waals surface area contributed by atoms with Crippen LogP contribution in [-0.2, 0) is 29.2 Å². The summed E-state index contributed by atoms with van der Waals surface area (Å²) in [5.74, 6) is 0.414. The van der Waals surface area contributed by atoms with Gasteiger partial charge in [0.05, 0.1) is 18.3 Å². The first-order valence-corrected chi connectivity index (χ1v) is 11.7. The van der Waals surface area contributed by atoms with Crippen LogP contribution in [0, 0.1) is 0 Å². The van der Waals surface area contributed by atoms with Crippen molar-refractivity contribution in [2.75, 3.05) is 11.9 Å². The van der Waals surface area contributed by atoms with Crippen molar-refractivity contribution in [1.29, 1.82) is 0 Å². The van der Waals surface area contributed by atoms with Crippen LogP contribution < -0.4 is 20.3 Å². The molecule has 0 bridgehead atoms. The summed E-state index contributed by atoms with van der Waals surface area (Å²) < 4.78 is 6.05. The molecule has 6 heteroatoms. The molecule has 0 radical (unpaired) electrons. The second-order valence-electron chi connectivity index (χ2n) is 8.58. The van der Waals surface area contributed by atoms with Crippen LogP contribution in [0.3, 0.4) is 0 Å². The number of rotatable bonds is 8. The Morgan fingerprint density at radius 1 is 1.03 bits per heavy atom. The number of nitrogens with one attached hydrogen (secondary N) is 2. The first kappa shape index (κ1) is 23.5. The van der Waals surface area contributed by atoms with E-state index in [2.05, 4.69) is 10.6 Å². The van der Waals surface area contributed by atoms with Crippen molar-refractivity contribution in [1.82, 2.24) is 10.6 Å². The number of carbonyl (C=O) groups excluding carboxylic acids is 2. The largest absolute Gasteiger partial charge is 0.489 e. The number of hydrogen-bond donors (Lipinski definition) is 2. The molecule has 6 nitrogen and oxygen atoms in total. The van der Waals surface area contributed by atoms with Crippen molar-refractivity contribution >= 4 is 17.5 Å². The third-order valence-corrected chi connectivity index (χ3v) is 6.19. The average molecular weight is 458 g/mol. The second kappa shape index (κ2) is 11.0. The van der Waals surface area contributed by atoms with E-state index in [1.807, 2.05) is 78.9 Å². The maximum atomic E-state index is 13.7. The fraction of sp³-hybridized carbons (Fsp3) is 0.286. The predicted octanol–water partition coefficient (Wildman–Crippen LogP) is 3.84. The van der Waals surface area contributed by atoms with Gasteiger partial charge in [-0.15, -0.1) is 0 Å². The molecular weight excluding hydrogens is 426 g/mol. The number of carbonyl (C=O) groups is 2. The lowest BCUT2D eigenvalue weighted by atomic mass is 10.1. The van der Waals surface area contributed by atoms with Gasteiger partial charge in [-0.2, -0.15) is 0 Å². The van der Waals surface area contributed by atoms with Crippen molar-refractivity contribution in [3.63, 3.8) is 0 Å². The minimum absolute atomic E-state index is 0.112. The molecular formula is C28H31N3O3. The molecule has 34 heavy (non-hydrogen) atoms. The number of benzene rings is 3. The zero-order valence-corrected chi connectivity index (χ0v) is 19.7. The smallest absolute Gasteiger partial charge is 0.249 e. The molecule has 0 aliphatic carbocycles. The average Bonchev–Trinajstić information content (AvgIpc) is 3.00. The Hall–Kier alpha value is -3.64. The van der Waals surface area contributed by atoms with Crippen LogP contribution in [0.25, 0.3) is 0 Å². The maximum absolute atomic E-state index is 13.7. The monoisotopic (exact) mass is 457 g/mol. The van der Waals surface area contributed by atoms with Crippen LogP contribution in [-0.4, -0.2) is 30.9 Å². The summed E-state index contributed by atoms with van der Waals surface area (Å²) in [7, 11) is 1.73. The Kier molecular flexibility index (Phi) is 7.60. The summed E-state index contributed by atoms with van der Waals surface area (Å²) in [5, 5.41) is 5.88. The summed E-state index contributed by atoms with van der Waals surface area (Å²) in [6.07, 6.45) is 1.23. The van der Waals surface area contributed by atoms with Crippen molar-refractivity contribution in [3.05, 3.63) is 95.6 Å². The van der Waals surface area contributed by atoms with Gasteiger partial charge in [-0.3, -0.25) is 9.59 Å². The van der Waals surface area contributed by atoms with Gasteiger partial charge in [0, 0.05) is 6.07 Å². The standard InChI is InChI=1S/C28H31N3O3/c1-20(29-2)27(32)30-25-16-14-23-13-15-24(34-19-22-11-7-4-8-12-22)17-26(23)31(28(25)33)18-21-9-5-3-6-10-21/h3-13,15,17,20,25,29H,14,16,18-19H2,1-2H3,(H,30,32). The van der Waals surface area contributed by atoms with Gasteiger partial charge >= 0.3 is 0 Å². The summed E-state index contributed by atoms with van der Waals surface area (Å²) in [4.78, 5) is 28.0. The van der Waals surface area contributed by atoms with Crippen LogP contribution in [0.1, 0.15) is 30.0 Å². The van der Waals surface area contributed by atoms with Crippen LogP contribution in [0.15, 0.2) is 78.9 Å².